The number of aromatic nitrogens is 2. The van der Waals surface area contributed by atoms with Crippen molar-refractivity contribution in [2.75, 3.05) is 0 Å². The molecule has 0 aliphatic carbocycles. The topological polar surface area (TPSA) is 37.8 Å². The lowest BCUT2D eigenvalue weighted by atomic mass is 10.2. The molecule has 106 valence electrons. The van der Waals surface area contributed by atoms with Crippen molar-refractivity contribution in [2.45, 2.75) is 19.5 Å². The lowest BCUT2D eigenvalue weighted by Gasteiger charge is -2.11. The summed E-state index contributed by atoms with van der Waals surface area (Å²) in [6, 6.07) is 16.5. The third kappa shape index (κ3) is 3.54. The predicted molar refractivity (Wildman–Crippen MR) is 87.0 cm³/mol. The third-order valence-corrected chi connectivity index (χ3v) is 4.16. The summed E-state index contributed by atoms with van der Waals surface area (Å²) in [5.74, 6) is 0. The first kappa shape index (κ1) is 13.9. The molecule has 2 aromatic heterocycles. The average Bonchev–Trinajstić information content (AvgIpc) is 3.03. The number of thiazole rings is 1. The Bertz CT molecular complexity index is 680. The maximum Gasteiger partial charge on any atom is 0.107 e. The summed E-state index contributed by atoms with van der Waals surface area (Å²) in [6.07, 6.45) is 1.82. The molecule has 0 spiro atoms. The molecule has 0 saturated heterocycles. The van der Waals surface area contributed by atoms with Gasteiger partial charge in [0.15, 0.2) is 0 Å². The largest absolute Gasteiger partial charge is 0.302 e. The molecule has 0 saturated carbocycles. The molecule has 4 heteroatoms. The van der Waals surface area contributed by atoms with Gasteiger partial charge in [-0.2, -0.15) is 0 Å². The van der Waals surface area contributed by atoms with E-state index in [-0.39, 0.29) is 6.04 Å². The second-order valence-corrected chi connectivity index (χ2v) is 5.79. The summed E-state index contributed by atoms with van der Waals surface area (Å²) in [7, 11) is 0. The summed E-state index contributed by atoms with van der Waals surface area (Å²) in [6.45, 7) is 2.88. The standard InChI is InChI=1S/C17H17N3S/c1-13(15-9-5-6-10-18-15)19-11-17-20-16(12-21-17)14-7-3-2-4-8-14/h2-10,12-13,19H,11H2,1H3. The zero-order chi connectivity index (χ0) is 14.5. The van der Waals surface area contributed by atoms with Crippen molar-refractivity contribution in [1.29, 1.82) is 0 Å². The van der Waals surface area contributed by atoms with E-state index in [4.69, 9.17) is 0 Å². The lowest BCUT2D eigenvalue weighted by molar-refractivity contribution is 0.560. The molecule has 0 aliphatic rings. The van der Waals surface area contributed by atoms with E-state index in [9.17, 15) is 0 Å². The molecule has 0 radical (unpaired) electrons. The first-order chi connectivity index (χ1) is 10.3. The van der Waals surface area contributed by atoms with Gasteiger partial charge in [-0.1, -0.05) is 36.4 Å². The van der Waals surface area contributed by atoms with Crippen LogP contribution in [0.2, 0.25) is 0 Å². The van der Waals surface area contributed by atoms with E-state index in [1.54, 1.807) is 11.3 Å². The summed E-state index contributed by atoms with van der Waals surface area (Å²) >= 11 is 1.69. The van der Waals surface area contributed by atoms with Gasteiger partial charge in [0, 0.05) is 29.7 Å². The van der Waals surface area contributed by atoms with Crippen molar-refractivity contribution < 1.29 is 0 Å². The Kier molecular flexibility index (Phi) is 4.38. The summed E-state index contributed by atoms with van der Waals surface area (Å²) in [4.78, 5) is 9.05. The Balaban J connectivity index is 1.63. The van der Waals surface area contributed by atoms with Crippen LogP contribution in [0.15, 0.2) is 60.1 Å². The quantitative estimate of drug-likeness (QED) is 0.771. The van der Waals surface area contributed by atoms with Crippen molar-refractivity contribution >= 4 is 11.3 Å². The maximum atomic E-state index is 4.68. The van der Waals surface area contributed by atoms with Crippen LogP contribution in [0.1, 0.15) is 23.7 Å². The first-order valence-corrected chi connectivity index (χ1v) is 7.85. The lowest BCUT2D eigenvalue weighted by Crippen LogP contribution is -2.18. The van der Waals surface area contributed by atoms with E-state index in [0.717, 1.165) is 28.5 Å². The first-order valence-electron chi connectivity index (χ1n) is 6.97. The Morgan fingerprint density at radius 3 is 2.67 bits per heavy atom. The molecule has 0 bridgehead atoms. The average molecular weight is 295 g/mol. The van der Waals surface area contributed by atoms with Gasteiger partial charge in [-0.3, -0.25) is 4.98 Å². The molecule has 21 heavy (non-hydrogen) atoms. The highest BCUT2D eigenvalue weighted by atomic mass is 32.1. The van der Waals surface area contributed by atoms with Gasteiger partial charge in [0.2, 0.25) is 0 Å². The fraction of sp³-hybridized carbons (Fsp3) is 0.176. The molecule has 1 unspecified atom stereocenters. The molecule has 2 heterocycles. The van der Waals surface area contributed by atoms with Crippen LogP contribution in [0, 0.1) is 0 Å². The Morgan fingerprint density at radius 2 is 1.90 bits per heavy atom. The normalized spacial score (nSPS) is 12.2. The van der Waals surface area contributed by atoms with Crippen LogP contribution in [-0.2, 0) is 6.54 Å². The minimum Gasteiger partial charge on any atom is -0.302 e. The van der Waals surface area contributed by atoms with Crippen LogP contribution in [0.5, 0.6) is 0 Å². The van der Waals surface area contributed by atoms with E-state index in [1.165, 1.54) is 0 Å². The minimum absolute atomic E-state index is 0.218. The number of nitrogens with zero attached hydrogens (tertiary/aromatic N) is 2. The molecule has 1 atom stereocenters. The van der Waals surface area contributed by atoms with Crippen LogP contribution in [0.3, 0.4) is 0 Å². The molecule has 1 aromatic carbocycles. The van der Waals surface area contributed by atoms with Crippen LogP contribution < -0.4 is 5.32 Å². The zero-order valence-electron chi connectivity index (χ0n) is 11.9. The second-order valence-electron chi connectivity index (χ2n) is 4.85. The van der Waals surface area contributed by atoms with Crippen molar-refractivity contribution in [3.63, 3.8) is 0 Å². The highest BCUT2D eigenvalue weighted by Gasteiger charge is 2.08. The van der Waals surface area contributed by atoms with Crippen molar-refractivity contribution in [3.8, 4) is 11.3 Å². The molecule has 0 fully saturated rings. The van der Waals surface area contributed by atoms with Crippen molar-refractivity contribution in [3.05, 3.63) is 70.8 Å². The Morgan fingerprint density at radius 1 is 1.10 bits per heavy atom. The number of rotatable bonds is 5. The molecule has 1 N–H and O–H groups in total. The van der Waals surface area contributed by atoms with Gasteiger partial charge in [0.25, 0.3) is 0 Å². The van der Waals surface area contributed by atoms with E-state index >= 15 is 0 Å². The summed E-state index contributed by atoms with van der Waals surface area (Å²) < 4.78 is 0. The molecule has 3 nitrogen and oxygen atoms in total. The van der Waals surface area contributed by atoms with Crippen molar-refractivity contribution in [2.24, 2.45) is 0 Å². The molecular formula is C17H17N3S. The molecule has 3 aromatic rings. The summed E-state index contributed by atoms with van der Waals surface area (Å²) in [5, 5.41) is 6.67. The van der Waals surface area contributed by atoms with Gasteiger partial charge in [-0.05, 0) is 19.1 Å². The number of hydrogen-bond donors (Lipinski definition) is 1. The Hall–Kier alpha value is -2.04. The molecule has 0 aliphatic heterocycles. The van der Waals surface area contributed by atoms with Crippen LogP contribution in [0.4, 0.5) is 0 Å². The minimum atomic E-state index is 0.218. The van der Waals surface area contributed by atoms with E-state index in [1.807, 2.05) is 42.6 Å². The number of hydrogen-bond acceptors (Lipinski definition) is 4. The van der Waals surface area contributed by atoms with Gasteiger partial charge in [-0.15, -0.1) is 11.3 Å². The smallest absolute Gasteiger partial charge is 0.107 e. The molecular weight excluding hydrogens is 278 g/mol. The second kappa shape index (κ2) is 6.61. The SMILES string of the molecule is CC(NCc1nc(-c2ccccc2)cs1)c1ccccn1. The Labute approximate surface area is 128 Å². The van der Waals surface area contributed by atoms with E-state index in [2.05, 4.69) is 39.7 Å². The third-order valence-electron chi connectivity index (χ3n) is 3.31. The fourth-order valence-corrected chi connectivity index (χ4v) is 2.86. The van der Waals surface area contributed by atoms with Crippen molar-refractivity contribution in [1.82, 2.24) is 15.3 Å². The number of benzene rings is 1. The van der Waals surface area contributed by atoms with Gasteiger partial charge in [-0.25, -0.2) is 4.98 Å². The fourth-order valence-electron chi connectivity index (χ4n) is 2.11. The van der Waals surface area contributed by atoms with Crippen LogP contribution in [-0.4, -0.2) is 9.97 Å². The zero-order valence-corrected chi connectivity index (χ0v) is 12.7. The molecule has 3 rings (SSSR count). The molecule has 0 amide bonds. The number of nitrogens with one attached hydrogen (secondary N) is 1. The van der Waals surface area contributed by atoms with Crippen LogP contribution >= 0.6 is 11.3 Å². The monoisotopic (exact) mass is 295 g/mol. The van der Waals surface area contributed by atoms with Gasteiger partial charge in [0.05, 0.1) is 11.4 Å². The van der Waals surface area contributed by atoms with E-state index < -0.39 is 0 Å². The highest BCUT2D eigenvalue weighted by Crippen LogP contribution is 2.21. The van der Waals surface area contributed by atoms with Gasteiger partial charge >= 0.3 is 0 Å². The van der Waals surface area contributed by atoms with Gasteiger partial charge < -0.3 is 5.32 Å². The number of pyridine rings is 1. The predicted octanol–water partition coefficient (Wildman–Crippen LogP) is 4.06. The summed E-state index contributed by atoms with van der Waals surface area (Å²) in [5.41, 5.74) is 3.26. The van der Waals surface area contributed by atoms with E-state index in [0.29, 0.717) is 0 Å². The van der Waals surface area contributed by atoms with Gasteiger partial charge in [0.1, 0.15) is 5.01 Å². The van der Waals surface area contributed by atoms with Crippen LogP contribution in [0.25, 0.3) is 11.3 Å². The highest BCUT2D eigenvalue weighted by molar-refractivity contribution is 7.09. The maximum absolute atomic E-state index is 4.68.